The van der Waals surface area contributed by atoms with Crippen LogP contribution in [0.1, 0.15) is 45.1 Å². The van der Waals surface area contributed by atoms with E-state index in [2.05, 4.69) is 59.3 Å². The lowest BCUT2D eigenvalue weighted by atomic mass is 9.94. The van der Waals surface area contributed by atoms with E-state index in [1.165, 1.54) is 18.4 Å². The first-order valence-corrected chi connectivity index (χ1v) is 9.42. The number of amides is 1. The van der Waals surface area contributed by atoms with Gasteiger partial charge in [-0.2, -0.15) is 0 Å². The summed E-state index contributed by atoms with van der Waals surface area (Å²) in [6.07, 6.45) is 4.32. The molecule has 2 fully saturated rings. The van der Waals surface area contributed by atoms with Crippen molar-refractivity contribution in [3.05, 3.63) is 35.9 Å². The van der Waals surface area contributed by atoms with Gasteiger partial charge in [0.1, 0.15) is 0 Å². The molecule has 1 aliphatic carbocycles. The van der Waals surface area contributed by atoms with E-state index in [0.717, 1.165) is 45.6 Å². The zero-order valence-corrected chi connectivity index (χ0v) is 15.1. The number of carbonyl (C=O) groups excluding carboxylic acids is 1. The van der Waals surface area contributed by atoms with Crippen LogP contribution in [0.2, 0.25) is 0 Å². The number of nitrogens with one attached hydrogen (secondary N) is 1. The van der Waals surface area contributed by atoms with Gasteiger partial charge in [-0.3, -0.25) is 9.69 Å². The molecule has 0 spiro atoms. The van der Waals surface area contributed by atoms with Gasteiger partial charge in [0.05, 0.1) is 5.54 Å². The van der Waals surface area contributed by atoms with Crippen molar-refractivity contribution in [2.24, 2.45) is 0 Å². The molecule has 4 nitrogen and oxygen atoms in total. The van der Waals surface area contributed by atoms with E-state index in [0.29, 0.717) is 11.9 Å². The quantitative estimate of drug-likeness (QED) is 0.902. The van der Waals surface area contributed by atoms with Crippen molar-refractivity contribution in [2.45, 2.75) is 57.7 Å². The second kappa shape index (κ2) is 7.66. The Balaban J connectivity index is 1.56. The minimum absolute atomic E-state index is 0.296. The largest absolute Gasteiger partial charge is 0.339 e. The molecule has 0 bridgehead atoms. The van der Waals surface area contributed by atoms with E-state index in [1.54, 1.807) is 0 Å². The highest BCUT2D eigenvalue weighted by molar-refractivity contribution is 5.87. The molecule has 3 rings (SSSR count). The van der Waals surface area contributed by atoms with Crippen LogP contribution in [0.5, 0.6) is 0 Å². The van der Waals surface area contributed by atoms with Gasteiger partial charge in [0.25, 0.3) is 0 Å². The summed E-state index contributed by atoms with van der Waals surface area (Å²) in [4.78, 5) is 17.7. The Morgan fingerprint density at radius 2 is 1.71 bits per heavy atom. The van der Waals surface area contributed by atoms with Crippen LogP contribution in [0.15, 0.2) is 30.3 Å². The number of piperazine rings is 1. The maximum atomic E-state index is 13.2. The van der Waals surface area contributed by atoms with Crippen molar-refractivity contribution >= 4 is 5.91 Å². The fourth-order valence-electron chi connectivity index (χ4n) is 4.20. The summed E-state index contributed by atoms with van der Waals surface area (Å²) < 4.78 is 0. The Kier molecular flexibility index (Phi) is 5.57. The van der Waals surface area contributed by atoms with Crippen molar-refractivity contribution in [1.29, 1.82) is 0 Å². The highest BCUT2D eigenvalue weighted by Gasteiger charge is 2.44. The lowest BCUT2D eigenvalue weighted by Gasteiger charge is -2.41. The molecule has 0 unspecified atom stereocenters. The molecule has 0 atom stereocenters. The topological polar surface area (TPSA) is 35.6 Å². The standard InChI is InChI=1S/C20H31N3O/c1-17(2)21-20(10-6-7-11-20)19(24)23-14-12-22(13-15-23)16-18-8-4-3-5-9-18/h3-5,8-9,17,21H,6-7,10-16H2,1-2H3. The molecule has 0 aromatic heterocycles. The van der Waals surface area contributed by atoms with Crippen molar-refractivity contribution in [3.63, 3.8) is 0 Å². The summed E-state index contributed by atoms with van der Waals surface area (Å²) in [7, 11) is 0. The third-order valence-electron chi connectivity index (χ3n) is 5.34. The number of hydrogen-bond donors (Lipinski definition) is 1. The zero-order chi connectivity index (χ0) is 17.0. The Morgan fingerprint density at radius 3 is 2.29 bits per heavy atom. The second-order valence-electron chi connectivity index (χ2n) is 7.64. The van der Waals surface area contributed by atoms with Gasteiger partial charge < -0.3 is 10.2 Å². The van der Waals surface area contributed by atoms with Crippen LogP contribution in [0, 0.1) is 0 Å². The predicted molar refractivity (Wildman–Crippen MR) is 97.8 cm³/mol. The Labute approximate surface area is 146 Å². The summed E-state index contributed by atoms with van der Waals surface area (Å²) in [6, 6.07) is 11.0. The van der Waals surface area contributed by atoms with Crippen LogP contribution in [-0.2, 0) is 11.3 Å². The van der Waals surface area contributed by atoms with E-state index in [4.69, 9.17) is 0 Å². The molecule has 1 amide bonds. The van der Waals surface area contributed by atoms with Crippen LogP contribution in [-0.4, -0.2) is 53.5 Å². The molecule has 1 N–H and O–H groups in total. The first-order chi connectivity index (χ1) is 11.6. The van der Waals surface area contributed by atoms with Gasteiger partial charge in [-0.1, -0.05) is 43.2 Å². The minimum Gasteiger partial charge on any atom is -0.339 e. The van der Waals surface area contributed by atoms with E-state index in [-0.39, 0.29) is 5.54 Å². The van der Waals surface area contributed by atoms with Gasteiger partial charge in [-0.25, -0.2) is 0 Å². The Morgan fingerprint density at radius 1 is 1.08 bits per heavy atom. The van der Waals surface area contributed by atoms with Crippen molar-refractivity contribution in [1.82, 2.24) is 15.1 Å². The SMILES string of the molecule is CC(C)NC1(C(=O)N2CCN(Cc3ccccc3)CC2)CCCC1. The Hall–Kier alpha value is -1.39. The maximum Gasteiger partial charge on any atom is 0.242 e. The normalized spacial score (nSPS) is 21.4. The third-order valence-corrected chi connectivity index (χ3v) is 5.34. The summed E-state index contributed by atoms with van der Waals surface area (Å²) in [5.74, 6) is 0.341. The monoisotopic (exact) mass is 329 g/mol. The van der Waals surface area contributed by atoms with Crippen LogP contribution in [0.25, 0.3) is 0 Å². The van der Waals surface area contributed by atoms with Gasteiger partial charge in [-0.15, -0.1) is 0 Å². The van der Waals surface area contributed by atoms with E-state index in [1.807, 2.05) is 0 Å². The van der Waals surface area contributed by atoms with Crippen LogP contribution in [0.3, 0.4) is 0 Å². The van der Waals surface area contributed by atoms with E-state index in [9.17, 15) is 4.79 Å². The molecule has 4 heteroatoms. The van der Waals surface area contributed by atoms with E-state index < -0.39 is 0 Å². The summed E-state index contributed by atoms with van der Waals surface area (Å²) in [6.45, 7) is 8.92. The summed E-state index contributed by atoms with van der Waals surface area (Å²) in [5, 5.41) is 3.60. The maximum absolute atomic E-state index is 13.2. The number of hydrogen-bond acceptors (Lipinski definition) is 3. The molecule has 0 radical (unpaired) electrons. The molecular formula is C20H31N3O. The number of benzene rings is 1. The fourth-order valence-corrected chi connectivity index (χ4v) is 4.20. The van der Waals surface area contributed by atoms with E-state index >= 15 is 0 Å². The summed E-state index contributed by atoms with van der Waals surface area (Å²) >= 11 is 0. The number of carbonyl (C=O) groups is 1. The average Bonchev–Trinajstić information content (AvgIpc) is 3.05. The molecule has 2 aliphatic rings. The molecule has 1 heterocycles. The molecule has 24 heavy (non-hydrogen) atoms. The van der Waals surface area contributed by atoms with Gasteiger partial charge in [0.2, 0.25) is 5.91 Å². The van der Waals surface area contributed by atoms with Gasteiger partial charge >= 0.3 is 0 Å². The Bertz CT molecular complexity index is 529. The molecule has 1 aliphatic heterocycles. The van der Waals surface area contributed by atoms with Crippen molar-refractivity contribution < 1.29 is 4.79 Å². The first kappa shape index (κ1) is 17.4. The fraction of sp³-hybridized carbons (Fsp3) is 0.650. The molecule has 1 aromatic carbocycles. The highest BCUT2D eigenvalue weighted by Crippen LogP contribution is 2.32. The second-order valence-corrected chi connectivity index (χ2v) is 7.64. The molecular weight excluding hydrogens is 298 g/mol. The average molecular weight is 329 g/mol. The smallest absolute Gasteiger partial charge is 0.242 e. The van der Waals surface area contributed by atoms with Crippen LogP contribution >= 0.6 is 0 Å². The number of nitrogens with zero attached hydrogens (tertiary/aromatic N) is 2. The molecule has 132 valence electrons. The minimum atomic E-state index is -0.296. The molecule has 1 aromatic rings. The lowest BCUT2D eigenvalue weighted by molar-refractivity contribution is -0.140. The van der Waals surface area contributed by atoms with Gasteiger partial charge in [-0.05, 0) is 32.3 Å². The number of rotatable bonds is 5. The highest BCUT2D eigenvalue weighted by atomic mass is 16.2. The third kappa shape index (κ3) is 3.98. The van der Waals surface area contributed by atoms with Gasteiger partial charge in [0, 0.05) is 38.8 Å². The lowest BCUT2D eigenvalue weighted by Crippen LogP contribution is -2.61. The molecule has 1 saturated carbocycles. The van der Waals surface area contributed by atoms with Gasteiger partial charge in [0.15, 0.2) is 0 Å². The van der Waals surface area contributed by atoms with Crippen LogP contribution < -0.4 is 5.32 Å². The summed E-state index contributed by atoms with van der Waals surface area (Å²) in [5.41, 5.74) is 1.06. The van der Waals surface area contributed by atoms with Crippen LogP contribution in [0.4, 0.5) is 0 Å². The predicted octanol–water partition coefficient (Wildman–Crippen LogP) is 2.64. The first-order valence-electron chi connectivity index (χ1n) is 9.42. The molecule has 1 saturated heterocycles. The van der Waals surface area contributed by atoms with Crippen molar-refractivity contribution in [3.8, 4) is 0 Å². The zero-order valence-electron chi connectivity index (χ0n) is 15.1. The van der Waals surface area contributed by atoms with Crippen molar-refractivity contribution in [2.75, 3.05) is 26.2 Å².